The Morgan fingerprint density at radius 3 is 2.88 bits per heavy atom. The Balaban J connectivity index is 1.90. The summed E-state index contributed by atoms with van der Waals surface area (Å²) in [6.45, 7) is 5.43. The predicted molar refractivity (Wildman–Crippen MR) is 72.4 cm³/mol. The van der Waals surface area contributed by atoms with Crippen LogP contribution in [0, 0.1) is 11.8 Å². The highest BCUT2D eigenvalue weighted by atomic mass is 32.1. The molecule has 17 heavy (non-hydrogen) atoms. The van der Waals surface area contributed by atoms with Gasteiger partial charge in [-0.3, -0.25) is 4.79 Å². The molecule has 2 unspecified atom stereocenters. The van der Waals surface area contributed by atoms with Crippen molar-refractivity contribution in [3.8, 4) is 0 Å². The third kappa shape index (κ3) is 3.42. The average molecular weight is 254 g/mol. The Morgan fingerprint density at radius 2 is 2.24 bits per heavy atom. The van der Waals surface area contributed by atoms with Gasteiger partial charge < -0.3 is 10.3 Å². The van der Waals surface area contributed by atoms with Crippen LogP contribution in [0.25, 0.3) is 0 Å². The smallest absolute Gasteiger partial charge is 0.304 e. The van der Waals surface area contributed by atoms with Gasteiger partial charge in [-0.05, 0) is 24.7 Å². The highest BCUT2D eigenvalue weighted by Gasteiger charge is 2.26. The number of aromatic nitrogens is 1. The van der Waals surface area contributed by atoms with Crippen molar-refractivity contribution >= 4 is 11.3 Å². The lowest BCUT2D eigenvalue weighted by Crippen LogP contribution is -2.40. The number of H-pyrrole nitrogens is 1. The van der Waals surface area contributed by atoms with Crippen molar-refractivity contribution < 1.29 is 0 Å². The molecule has 1 aliphatic rings. The SMILES string of the molecule is CC(C)C1CCCCC1NCc1csc(=O)[nH]1. The van der Waals surface area contributed by atoms with E-state index in [-0.39, 0.29) is 4.87 Å². The van der Waals surface area contributed by atoms with Crippen molar-refractivity contribution in [3.63, 3.8) is 0 Å². The Hall–Kier alpha value is -0.610. The van der Waals surface area contributed by atoms with Crippen molar-refractivity contribution in [1.29, 1.82) is 0 Å². The van der Waals surface area contributed by atoms with Crippen LogP contribution in [-0.2, 0) is 6.54 Å². The molecule has 2 rings (SSSR count). The first-order valence-electron chi connectivity index (χ1n) is 6.57. The Morgan fingerprint density at radius 1 is 1.47 bits per heavy atom. The van der Waals surface area contributed by atoms with Crippen LogP contribution >= 0.6 is 11.3 Å². The molecule has 0 aliphatic heterocycles. The molecular weight excluding hydrogens is 232 g/mol. The fourth-order valence-electron chi connectivity index (χ4n) is 2.85. The van der Waals surface area contributed by atoms with Crippen molar-refractivity contribution in [2.24, 2.45) is 11.8 Å². The van der Waals surface area contributed by atoms with E-state index in [4.69, 9.17) is 0 Å². The van der Waals surface area contributed by atoms with Gasteiger partial charge in [-0.15, -0.1) is 0 Å². The molecule has 1 aromatic rings. The minimum absolute atomic E-state index is 0.0471. The van der Waals surface area contributed by atoms with Gasteiger partial charge in [0.15, 0.2) is 0 Å². The zero-order valence-corrected chi connectivity index (χ0v) is 11.5. The van der Waals surface area contributed by atoms with Gasteiger partial charge in [0.1, 0.15) is 0 Å². The zero-order chi connectivity index (χ0) is 12.3. The van der Waals surface area contributed by atoms with E-state index in [1.165, 1.54) is 37.0 Å². The van der Waals surface area contributed by atoms with Crippen LogP contribution in [0.5, 0.6) is 0 Å². The maximum Gasteiger partial charge on any atom is 0.304 e. The van der Waals surface area contributed by atoms with Crippen molar-refractivity contribution in [2.75, 3.05) is 0 Å². The number of hydrogen-bond acceptors (Lipinski definition) is 3. The Bertz CT molecular complexity index is 396. The van der Waals surface area contributed by atoms with E-state index in [2.05, 4.69) is 24.1 Å². The summed E-state index contributed by atoms with van der Waals surface area (Å²) in [7, 11) is 0. The normalized spacial score (nSPS) is 25.4. The monoisotopic (exact) mass is 254 g/mol. The fraction of sp³-hybridized carbons (Fsp3) is 0.769. The van der Waals surface area contributed by atoms with Crippen molar-refractivity contribution in [1.82, 2.24) is 10.3 Å². The lowest BCUT2D eigenvalue weighted by molar-refractivity contribution is 0.204. The quantitative estimate of drug-likeness (QED) is 0.868. The summed E-state index contributed by atoms with van der Waals surface area (Å²) in [5, 5.41) is 5.54. The molecule has 0 bridgehead atoms. The van der Waals surface area contributed by atoms with Crippen molar-refractivity contribution in [2.45, 2.75) is 52.1 Å². The highest BCUT2D eigenvalue weighted by Crippen LogP contribution is 2.30. The first kappa shape index (κ1) is 12.8. The summed E-state index contributed by atoms with van der Waals surface area (Å²) in [6.07, 6.45) is 5.32. The molecule has 0 spiro atoms. The van der Waals surface area contributed by atoms with Gasteiger partial charge >= 0.3 is 4.87 Å². The summed E-state index contributed by atoms with van der Waals surface area (Å²) >= 11 is 1.25. The van der Waals surface area contributed by atoms with Crippen LogP contribution in [0.2, 0.25) is 0 Å². The number of aromatic amines is 1. The van der Waals surface area contributed by atoms with E-state index in [9.17, 15) is 4.79 Å². The van der Waals surface area contributed by atoms with Crippen LogP contribution in [-0.4, -0.2) is 11.0 Å². The number of rotatable bonds is 4. The van der Waals surface area contributed by atoms with E-state index in [0.29, 0.717) is 6.04 Å². The molecule has 0 saturated heterocycles. The lowest BCUT2D eigenvalue weighted by Gasteiger charge is -2.35. The largest absolute Gasteiger partial charge is 0.315 e. The van der Waals surface area contributed by atoms with Gasteiger partial charge in [-0.2, -0.15) is 0 Å². The summed E-state index contributed by atoms with van der Waals surface area (Å²) in [4.78, 5) is 14.0. The molecule has 3 nitrogen and oxygen atoms in total. The molecule has 1 saturated carbocycles. The third-order valence-corrected chi connectivity index (χ3v) is 4.52. The molecular formula is C13H22N2OS. The second kappa shape index (κ2) is 5.83. The van der Waals surface area contributed by atoms with E-state index >= 15 is 0 Å². The van der Waals surface area contributed by atoms with Gasteiger partial charge in [0, 0.05) is 23.7 Å². The second-order valence-corrected chi connectivity index (χ2v) is 6.20. The first-order chi connectivity index (χ1) is 8.16. The molecule has 4 heteroatoms. The molecule has 1 aliphatic carbocycles. The highest BCUT2D eigenvalue weighted by molar-refractivity contribution is 7.07. The minimum atomic E-state index is 0.0471. The molecule has 0 amide bonds. The average Bonchev–Trinajstić information content (AvgIpc) is 2.73. The van der Waals surface area contributed by atoms with Gasteiger partial charge in [0.25, 0.3) is 0 Å². The molecule has 1 aromatic heterocycles. The Kier molecular flexibility index (Phi) is 4.40. The number of nitrogens with one attached hydrogen (secondary N) is 2. The van der Waals surface area contributed by atoms with E-state index in [0.717, 1.165) is 24.1 Å². The summed E-state index contributed by atoms with van der Waals surface area (Å²) in [6, 6.07) is 0.618. The molecule has 1 fully saturated rings. The predicted octanol–water partition coefficient (Wildman–Crippen LogP) is 2.74. The lowest BCUT2D eigenvalue weighted by atomic mass is 9.78. The third-order valence-electron chi connectivity index (χ3n) is 3.80. The van der Waals surface area contributed by atoms with Crippen LogP contribution in [0.3, 0.4) is 0 Å². The van der Waals surface area contributed by atoms with Crippen LogP contribution in [0.15, 0.2) is 10.2 Å². The van der Waals surface area contributed by atoms with Crippen LogP contribution in [0.1, 0.15) is 45.2 Å². The van der Waals surface area contributed by atoms with E-state index in [1.54, 1.807) is 0 Å². The summed E-state index contributed by atoms with van der Waals surface area (Å²) < 4.78 is 0. The fourth-order valence-corrected chi connectivity index (χ4v) is 3.43. The first-order valence-corrected chi connectivity index (χ1v) is 7.45. The van der Waals surface area contributed by atoms with E-state index in [1.807, 2.05) is 5.38 Å². The summed E-state index contributed by atoms with van der Waals surface area (Å²) in [5.41, 5.74) is 1.02. The van der Waals surface area contributed by atoms with Crippen LogP contribution < -0.4 is 10.2 Å². The maximum absolute atomic E-state index is 11.0. The van der Waals surface area contributed by atoms with Gasteiger partial charge in [0.2, 0.25) is 0 Å². The minimum Gasteiger partial charge on any atom is -0.315 e. The van der Waals surface area contributed by atoms with Crippen LogP contribution in [0.4, 0.5) is 0 Å². The molecule has 1 heterocycles. The van der Waals surface area contributed by atoms with Gasteiger partial charge in [0.05, 0.1) is 0 Å². The topological polar surface area (TPSA) is 44.9 Å². The molecule has 0 aromatic carbocycles. The second-order valence-electron chi connectivity index (χ2n) is 5.35. The van der Waals surface area contributed by atoms with Gasteiger partial charge in [-0.1, -0.05) is 38.0 Å². The van der Waals surface area contributed by atoms with E-state index < -0.39 is 0 Å². The molecule has 96 valence electrons. The van der Waals surface area contributed by atoms with Crippen molar-refractivity contribution in [3.05, 3.63) is 20.7 Å². The van der Waals surface area contributed by atoms with Gasteiger partial charge in [-0.25, -0.2) is 0 Å². The molecule has 2 atom stereocenters. The standard InChI is InChI=1S/C13H22N2OS/c1-9(2)11-5-3-4-6-12(11)14-7-10-8-17-13(16)15-10/h8-9,11-12,14H,3-7H2,1-2H3,(H,15,16). The number of hydrogen-bond donors (Lipinski definition) is 2. The Labute approximate surface area is 107 Å². The maximum atomic E-state index is 11.0. The number of thiazole rings is 1. The molecule has 0 radical (unpaired) electrons. The molecule has 2 N–H and O–H groups in total. The zero-order valence-electron chi connectivity index (χ0n) is 10.7. The summed E-state index contributed by atoms with van der Waals surface area (Å²) in [5.74, 6) is 1.53.